The molecule has 0 saturated heterocycles. The number of carbonyl (C=O) groups excluding carboxylic acids is 1. The van der Waals surface area contributed by atoms with Crippen LogP contribution in [0.3, 0.4) is 0 Å². The Bertz CT molecular complexity index is 188. The Morgan fingerprint density at radius 3 is 1.71 bits per heavy atom. The number of carbonyl (C=O) groups is 1. The second kappa shape index (κ2) is 14.0. The molecule has 0 spiro atoms. The summed E-state index contributed by atoms with van der Waals surface area (Å²) in [6, 6.07) is 0. The first-order valence-corrected chi connectivity index (χ1v) is 8.70. The molecule has 17 heavy (non-hydrogen) atoms. The number of amides is 1. The molecule has 0 aromatic rings. The Morgan fingerprint density at radius 2 is 1.47 bits per heavy atom. The smallest absolute Gasteiger partial charge is 0.529 e. The van der Waals surface area contributed by atoms with E-state index in [0.29, 0.717) is 10.5 Å². The van der Waals surface area contributed by atoms with Gasteiger partial charge in [0.2, 0.25) is 0 Å². The molecule has 0 rings (SSSR count). The molecule has 0 radical (unpaired) electrons. The fourth-order valence-electron chi connectivity index (χ4n) is 0.375. The summed E-state index contributed by atoms with van der Waals surface area (Å²) in [6.45, 7) is 8.20. The largest absolute Gasteiger partial charge is 1.00 e. The molecule has 1 amide bonds. The number of hydrazine groups is 1. The van der Waals surface area contributed by atoms with E-state index < -0.39 is 6.09 Å². The first kappa shape index (κ1) is 23.7. The Hall–Kier alpha value is 1.59. The molecule has 0 fully saturated rings. The third-order valence-electron chi connectivity index (χ3n) is 0.789. The van der Waals surface area contributed by atoms with Crippen LogP contribution in [-0.4, -0.2) is 25.9 Å². The van der Waals surface area contributed by atoms with Crippen molar-refractivity contribution in [3.05, 3.63) is 0 Å². The van der Waals surface area contributed by atoms with E-state index in [1.54, 1.807) is 21.6 Å². The minimum atomic E-state index is -1.29. The van der Waals surface area contributed by atoms with E-state index in [9.17, 15) is 9.90 Å². The summed E-state index contributed by atoms with van der Waals surface area (Å²) >= 11 is 0. The predicted molar refractivity (Wildman–Crippen MR) is 74.6 cm³/mol. The van der Waals surface area contributed by atoms with Gasteiger partial charge in [0.15, 0.2) is 6.09 Å². The van der Waals surface area contributed by atoms with Crippen LogP contribution < -0.4 is 40.1 Å². The van der Waals surface area contributed by atoms with E-state index in [4.69, 9.17) is 0 Å². The minimum absolute atomic E-state index is 0. The zero-order chi connectivity index (χ0) is 11.8. The van der Waals surface area contributed by atoms with Crippen molar-refractivity contribution in [1.82, 2.24) is 9.25 Å². The van der Waals surface area contributed by atoms with Crippen molar-refractivity contribution in [2.24, 2.45) is 0 Å². The van der Waals surface area contributed by atoms with E-state index >= 15 is 0 Å². The first-order chi connectivity index (χ1) is 6.91. The summed E-state index contributed by atoms with van der Waals surface area (Å²) in [5.74, 6) is 0. The molecule has 0 aliphatic rings. The van der Waals surface area contributed by atoms with Crippen molar-refractivity contribution in [1.29, 1.82) is 0 Å². The molecular formula is C7H17N2NaO3S4. The van der Waals surface area contributed by atoms with Crippen molar-refractivity contribution >= 4 is 49.6 Å². The Balaban J connectivity index is -0.000000980. The molecule has 0 saturated carbocycles. The molecule has 0 bridgehead atoms. The molecule has 0 aromatic heterocycles. The normalized spacial score (nSPS) is 10.1. The van der Waals surface area contributed by atoms with Gasteiger partial charge in [-0.3, -0.25) is 5.43 Å². The molecule has 0 unspecified atom stereocenters. The van der Waals surface area contributed by atoms with Crippen LogP contribution in [0.1, 0.15) is 27.7 Å². The molecule has 5 nitrogen and oxygen atoms in total. The fraction of sp³-hybridized carbons (Fsp3) is 0.857. The van der Waals surface area contributed by atoms with Crippen molar-refractivity contribution in [2.75, 3.05) is 0 Å². The first-order valence-electron chi connectivity index (χ1n) is 4.36. The van der Waals surface area contributed by atoms with Gasteiger partial charge in [-0.25, -0.2) is 0 Å². The summed E-state index contributed by atoms with van der Waals surface area (Å²) in [5.41, 5.74) is 2.21. The summed E-state index contributed by atoms with van der Waals surface area (Å²) < 4.78 is 1.49. The maximum atomic E-state index is 10.4. The van der Waals surface area contributed by atoms with Gasteiger partial charge in [0.25, 0.3) is 0 Å². The average molecular weight is 328 g/mol. The summed E-state index contributed by atoms with van der Waals surface area (Å²) in [4.78, 5) is 10.4. The molecular weight excluding hydrogens is 311 g/mol. The second-order valence-electron chi connectivity index (χ2n) is 3.10. The van der Waals surface area contributed by atoms with Crippen LogP contribution in [0, 0.1) is 0 Å². The molecule has 98 valence electrons. The summed E-state index contributed by atoms with van der Waals surface area (Å²) in [6.07, 6.45) is -1.29. The Labute approximate surface area is 141 Å². The number of carboxylic acid groups (broad SMARTS) is 1. The van der Waals surface area contributed by atoms with Crippen LogP contribution in [0.2, 0.25) is 0 Å². The van der Waals surface area contributed by atoms with Crippen molar-refractivity contribution < 1.29 is 44.9 Å². The minimum Gasteiger partial charge on any atom is -0.529 e. The number of rotatable bonds is 7. The molecule has 0 aromatic carbocycles. The third kappa shape index (κ3) is 17.6. The van der Waals surface area contributed by atoms with Gasteiger partial charge in [-0.15, -0.1) is 0 Å². The summed E-state index contributed by atoms with van der Waals surface area (Å²) in [7, 11) is 5.90. The molecule has 0 aliphatic heterocycles. The third-order valence-corrected chi connectivity index (χ3v) is 6.92. The van der Waals surface area contributed by atoms with Crippen LogP contribution in [0.4, 0.5) is 4.79 Å². The number of hydrogen-bond donors (Lipinski definition) is 1. The van der Waals surface area contributed by atoms with E-state index in [1.807, 2.05) is 0 Å². The number of nitrogens with zero attached hydrogens (tertiary/aromatic N) is 1. The Morgan fingerprint density at radius 1 is 1.12 bits per heavy atom. The number of nitrogens with one attached hydrogen (secondary N) is 1. The Kier molecular flexibility index (Phi) is 19.5. The predicted octanol–water partition coefficient (Wildman–Crippen LogP) is -1.27. The van der Waals surface area contributed by atoms with Gasteiger partial charge >= 0.3 is 29.6 Å². The van der Waals surface area contributed by atoms with Crippen LogP contribution in [0.25, 0.3) is 0 Å². The van der Waals surface area contributed by atoms with Crippen molar-refractivity contribution in [3.63, 3.8) is 0 Å². The van der Waals surface area contributed by atoms with Crippen LogP contribution in [0.15, 0.2) is 0 Å². The van der Waals surface area contributed by atoms with E-state index in [1.165, 1.54) is 25.8 Å². The maximum absolute atomic E-state index is 10.4. The maximum Gasteiger partial charge on any atom is 1.00 e. The van der Waals surface area contributed by atoms with Gasteiger partial charge in [0.05, 0.1) is 0 Å². The van der Waals surface area contributed by atoms with Gasteiger partial charge in [0.1, 0.15) is 0 Å². The quantitative estimate of drug-likeness (QED) is 0.270. The van der Waals surface area contributed by atoms with E-state index in [0.717, 1.165) is 0 Å². The SMILES string of the molecule is CC(C)SSN(NC(=O)[O-])SSC(C)C.O.[Na+]. The van der Waals surface area contributed by atoms with Gasteiger partial charge in [-0.1, -0.05) is 53.1 Å². The van der Waals surface area contributed by atoms with Gasteiger partial charge in [0, 0.05) is 32.5 Å². The molecule has 0 heterocycles. The van der Waals surface area contributed by atoms with E-state index in [2.05, 4.69) is 33.1 Å². The van der Waals surface area contributed by atoms with Crippen LogP contribution in [-0.2, 0) is 0 Å². The van der Waals surface area contributed by atoms with E-state index in [-0.39, 0.29) is 35.0 Å². The number of hydrogen-bond acceptors (Lipinski definition) is 7. The zero-order valence-corrected chi connectivity index (χ0v) is 15.8. The molecule has 0 aliphatic carbocycles. The zero-order valence-electron chi connectivity index (χ0n) is 10.6. The average Bonchev–Trinajstić information content (AvgIpc) is 2.08. The second-order valence-corrected chi connectivity index (χ2v) is 8.67. The van der Waals surface area contributed by atoms with Gasteiger partial charge in [-0.05, 0) is 0 Å². The van der Waals surface area contributed by atoms with Crippen molar-refractivity contribution in [2.45, 2.75) is 38.2 Å². The van der Waals surface area contributed by atoms with Crippen LogP contribution >= 0.6 is 43.5 Å². The van der Waals surface area contributed by atoms with Crippen LogP contribution in [0.5, 0.6) is 0 Å². The van der Waals surface area contributed by atoms with Crippen molar-refractivity contribution in [3.8, 4) is 0 Å². The molecule has 3 N–H and O–H groups in total. The monoisotopic (exact) mass is 328 g/mol. The fourth-order valence-corrected chi connectivity index (χ4v) is 4.45. The standard InChI is InChI=1S/C7H16N2O2S4.Na.H2O/c1-5(2)12-14-9(8-7(10)11)15-13-6(3)4;;/h5-6,8H,1-4H3,(H,10,11);;1H2/q;+1;/p-1. The summed E-state index contributed by atoms with van der Waals surface area (Å²) in [5, 5.41) is 11.3. The van der Waals surface area contributed by atoms with Gasteiger partial charge in [-0.2, -0.15) is 0 Å². The molecule has 10 heteroatoms. The molecule has 0 atom stereocenters. The van der Waals surface area contributed by atoms with Gasteiger partial charge < -0.3 is 15.4 Å². The topological polar surface area (TPSA) is 86.9 Å².